The third kappa shape index (κ3) is 6.75. The summed E-state index contributed by atoms with van der Waals surface area (Å²) in [5.74, 6) is -6.74. The minimum atomic E-state index is -1.92. The molecule has 0 spiro atoms. The number of fused-ring (bicyclic) bond motifs is 1. The number of phenols is 2. The monoisotopic (exact) mass is 738 g/mol. The third-order valence-electron chi connectivity index (χ3n) is 10.3. The van der Waals surface area contributed by atoms with Gasteiger partial charge in [-0.15, -0.1) is 11.3 Å². The topological polar surface area (TPSA) is 194 Å². The molecule has 2 aliphatic heterocycles. The zero-order chi connectivity index (χ0) is 38.4. The van der Waals surface area contributed by atoms with Crippen molar-refractivity contribution < 1.29 is 53.8 Å². The number of phenolic OH excluding ortho intramolecular Hbond substituents is 2. The van der Waals surface area contributed by atoms with Gasteiger partial charge >= 0.3 is 11.8 Å². The molecule has 1 aromatic heterocycles. The molecule has 5 rings (SSSR count). The number of ketones is 1. The molecule has 1 amide bonds. The first-order chi connectivity index (χ1) is 24.4. The predicted octanol–water partition coefficient (Wildman–Crippen LogP) is 5.66. The summed E-state index contributed by atoms with van der Waals surface area (Å²) in [5, 5.41) is 48.5. The van der Waals surface area contributed by atoms with Crippen molar-refractivity contribution >= 4 is 55.7 Å². The maximum absolute atomic E-state index is 14.2. The molecule has 2 aliphatic rings. The number of nitrogens with zero attached hydrogens (tertiary/aromatic N) is 1. The molecule has 3 aromatic rings. The largest absolute Gasteiger partial charge is 0.507 e. The molecule has 280 valence electrons. The molecule has 9 atom stereocenters. The van der Waals surface area contributed by atoms with E-state index in [9.17, 15) is 34.8 Å². The number of allylic oxidation sites excluding steroid dienone is 2. The van der Waals surface area contributed by atoms with Crippen molar-refractivity contribution in [3.8, 4) is 17.2 Å². The van der Waals surface area contributed by atoms with Crippen LogP contribution in [-0.2, 0) is 23.8 Å². The summed E-state index contributed by atoms with van der Waals surface area (Å²) < 4.78 is 23.9. The van der Waals surface area contributed by atoms with Gasteiger partial charge in [-0.3, -0.25) is 14.4 Å². The first kappa shape index (κ1) is 38.7. The number of rotatable bonds is 2. The third-order valence-corrected chi connectivity index (χ3v) is 11.1. The van der Waals surface area contributed by atoms with Crippen LogP contribution in [0.1, 0.15) is 64.4 Å². The number of aromatic nitrogens is 1. The average Bonchev–Trinajstić information content (AvgIpc) is 3.69. The van der Waals surface area contributed by atoms with Crippen LogP contribution in [0.15, 0.2) is 41.6 Å². The highest BCUT2D eigenvalue weighted by Crippen LogP contribution is 2.54. The Morgan fingerprint density at radius 3 is 2.35 bits per heavy atom. The highest BCUT2D eigenvalue weighted by Gasteiger charge is 2.49. The van der Waals surface area contributed by atoms with Gasteiger partial charge in [0.2, 0.25) is 0 Å². The number of amides is 1. The first-order valence-electron chi connectivity index (χ1n) is 17.0. The molecule has 52 heavy (non-hydrogen) atoms. The number of aliphatic hydroxyl groups excluding tert-OH is 2. The Bertz CT molecular complexity index is 2000. The van der Waals surface area contributed by atoms with E-state index in [-0.39, 0.29) is 50.2 Å². The lowest BCUT2D eigenvalue weighted by atomic mass is 9.78. The number of hydrogen-bond donors (Lipinski definition) is 5. The van der Waals surface area contributed by atoms with Crippen LogP contribution in [0.2, 0.25) is 0 Å². The van der Waals surface area contributed by atoms with Crippen LogP contribution in [0, 0.1) is 30.6 Å². The second-order valence-electron chi connectivity index (χ2n) is 13.9. The molecule has 0 saturated carbocycles. The van der Waals surface area contributed by atoms with Crippen molar-refractivity contribution in [3.63, 3.8) is 0 Å². The number of ether oxygens (including phenoxy) is 4. The predicted molar refractivity (Wildman–Crippen MR) is 195 cm³/mol. The highest BCUT2D eigenvalue weighted by atomic mass is 32.1. The molecule has 2 aromatic carbocycles. The van der Waals surface area contributed by atoms with Crippen LogP contribution in [0.5, 0.6) is 17.2 Å². The summed E-state index contributed by atoms with van der Waals surface area (Å²) in [7, 11) is 1.46. The van der Waals surface area contributed by atoms with Gasteiger partial charge in [0.25, 0.3) is 11.7 Å². The molecule has 5 N–H and O–H groups in total. The molecule has 0 fully saturated rings. The fourth-order valence-corrected chi connectivity index (χ4v) is 7.86. The van der Waals surface area contributed by atoms with Gasteiger partial charge in [0.15, 0.2) is 5.75 Å². The molecule has 14 heteroatoms. The Morgan fingerprint density at radius 2 is 1.69 bits per heavy atom. The molecule has 0 aliphatic carbocycles. The second kappa shape index (κ2) is 14.9. The zero-order valence-electron chi connectivity index (χ0n) is 30.6. The number of anilines is 1. The molecular formula is C38H46N2O11S. The Hall–Kier alpha value is -4.50. The molecule has 13 nitrogen and oxygen atoms in total. The van der Waals surface area contributed by atoms with Crippen molar-refractivity contribution in [3.05, 3.63) is 52.8 Å². The van der Waals surface area contributed by atoms with Crippen LogP contribution in [0.3, 0.4) is 0 Å². The fourth-order valence-electron chi connectivity index (χ4n) is 7.06. The van der Waals surface area contributed by atoms with E-state index in [4.69, 9.17) is 18.9 Å². The summed E-state index contributed by atoms with van der Waals surface area (Å²) in [6, 6.07) is 0. The Kier molecular flexibility index (Phi) is 11.1. The van der Waals surface area contributed by atoms with Gasteiger partial charge in [-0.05, 0) is 19.9 Å². The molecule has 4 bridgehead atoms. The second-order valence-corrected chi connectivity index (χ2v) is 14.7. The molecule has 0 unspecified atom stereocenters. The van der Waals surface area contributed by atoms with Gasteiger partial charge in [-0.2, -0.15) is 0 Å². The highest BCUT2D eigenvalue weighted by molar-refractivity contribution is 7.17. The van der Waals surface area contributed by atoms with E-state index >= 15 is 0 Å². The zero-order valence-corrected chi connectivity index (χ0v) is 31.4. The number of hydrogen-bond acceptors (Lipinski definition) is 13. The summed E-state index contributed by atoms with van der Waals surface area (Å²) in [6.45, 7) is 12.8. The Balaban J connectivity index is 1.68. The number of thiazole rings is 1. The number of methoxy groups -OCH3 is 1. The van der Waals surface area contributed by atoms with E-state index in [2.05, 4.69) is 10.3 Å². The minimum Gasteiger partial charge on any atom is -0.507 e. The van der Waals surface area contributed by atoms with Crippen molar-refractivity contribution in [2.45, 2.75) is 85.6 Å². The number of nitrogens with one attached hydrogen (secondary N) is 1. The van der Waals surface area contributed by atoms with Crippen molar-refractivity contribution in [1.29, 1.82) is 0 Å². The van der Waals surface area contributed by atoms with Crippen molar-refractivity contribution in [1.82, 2.24) is 4.98 Å². The van der Waals surface area contributed by atoms with E-state index < -0.39 is 77.3 Å². The summed E-state index contributed by atoms with van der Waals surface area (Å²) in [4.78, 5) is 44.4. The molecular weight excluding hydrogens is 692 g/mol. The lowest BCUT2D eigenvalue weighted by Gasteiger charge is -2.38. The minimum absolute atomic E-state index is 0.0108. The van der Waals surface area contributed by atoms with Crippen LogP contribution >= 0.6 is 11.3 Å². The van der Waals surface area contributed by atoms with Crippen molar-refractivity contribution in [2.24, 2.45) is 23.7 Å². The molecule has 0 saturated heterocycles. The number of carbonyl (C=O) groups excluding carboxylic acids is 3. The molecule has 0 radical (unpaired) electrons. The van der Waals surface area contributed by atoms with Crippen molar-refractivity contribution in [2.75, 3.05) is 12.4 Å². The first-order valence-corrected chi connectivity index (χ1v) is 17.9. The lowest BCUT2D eigenvalue weighted by molar-refractivity contribution is -0.160. The van der Waals surface area contributed by atoms with E-state index in [1.807, 2.05) is 0 Å². The number of aliphatic hydroxyl groups is 2. The smallest absolute Gasteiger partial charge is 0.312 e. The Morgan fingerprint density at radius 1 is 1.00 bits per heavy atom. The Labute approximate surface area is 305 Å². The van der Waals surface area contributed by atoms with Gasteiger partial charge < -0.3 is 44.7 Å². The van der Waals surface area contributed by atoms with E-state index in [0.29, 0.717) is 4.70 Å². The van der Waals surface area contributed by atoms with E-state index in [1.54, 1.807) is 52.8 Å². The van der Waals surface area contributed by atoms with Gasteiger partial charge in [0.1, 0.15) is 23.3 Å². The standard InChI is InChI=1S/C38H46N2O11S/c1-16-11-10-12-17(2)37(47)40-28-32(45)25-24(27-35(28)52-15-39-27)26-34(21(6)31(25)44)51-38(8,36(26)46)49-14-13-23(48-9)18(3)33(50-22(7)41)20(5)30(43)19(4)29(16)42/h10-16,18-20,23,29-30,33,42-45H,1-9H3,(H,40,47)/t16-,18+,19-,20+,23-,29-,30+,33+,38+/m0/s1. The number of aromatic hydroxyl groups is 2. The summed E-state index contributed by atoms with van der Waals surface area (Å²) in [5.41, 5.74) is 2.23. The van der Waals surface area contributed by atoms with Crippen LogP contribution in [0.25, 0.3) is 21.0 Å². The number of esters is 1. The van der Waals surface area contributed by atoms with E-state index in [0.717, 1.165) is 11.3 Å². The quantitative estimate of drug-likeness (QED) is 0.160. The lowest BCUT2D eigenvalue weighted by Crippen LogP contribution is -2.46. The van der Waals surface area contributed by atoms with Gasteiger partial charge in [-0.25, -0.2) is 4.98 Å². The van der Waals surface area contributed by atoms with Crippen LogP contribution < -0.4 is 10.1 Å². The number of carbonyl (C=O) groups is 3. The van der Waals surface area contributed by atoms with Crippen LogP contribution in [-0.4, -0.2) is 80.4 Å². The normalized spacial score (nSPS) is 30.3. The number of benzene rings is 2. The molecule has 3 heterocycles. The number of Topliss-reactive ketones (excluding diaryl/α,β-unsaturated/α-hetero) is 1. The summed E-state index contributed by atoms with van der Waals surface area (Å²) in [6.07, 6.45) is 3.93. The van der Waals surface area contributed by atoms with Gasteiger partial charge in [-0.1, -0.05) is 45.9 Å². The SMILES string of the molecule is CO[C@H]1C=CO[C@]2(C)Oc3c(C)c(O)c4c(O)c(c5scnc5c4c3C2=O)NC(=O)C(C)=CC=C[C@H](C)[C@H](O)[C@H](C)[C@@H](O)[C@@H](C)[C@H](OC(C)=O)[C@@H]1C. The van der Waals surface area contributed by atoms with Crippen LogP contribution in [0.4, 0.5) is 5.69 Å². The maximum atomic E-state index is 14.2. The fraction of sp³-hybridized carbons (Fsp3) is 0.474. The maximum Gasteiger partial charge on any atom is 0.312 e. The average molecular weight is 739 g/mol. The van der Waals surface area contributed by atoms with E-state index in [1.165, 1.54) is 45.7 Å². The van der Waals surface area contributed by atoms with Gasteiger partial charge in [0, 0.05) is 61.2 Å². The van der Waals surface area contributed by atoms with Gasteiger partial charge in [0.05, 0.1) is 51.3 Å². The summed E-state index contributed by atoms with van der Waals surface area (Å²) >= 11 is 1.13.